The maximum Gasteiger partial charge on any atom is 0.325 e. The number of hydrogen-bond donors (Lipinski definition) is 1. The van der Waals surface area contributed by atoms with Gasteiger partial charge in [0.2, 0.25) is 5.16 Å². The fourth-order valence-electron chi connectivity index (χ4n) is 2.13. The standard InChI is InChI=1S/C13H23N5O2S/c1-13(14-2,11(19)20-3)8-4-5-9-21-12-15-16-17-18(12)10-6-7-10/h10,14H,4-9H2,1-3H3. The van der Waals surface area contributed by atoms with Crippen LogP contribution in [-0.2, 0) is 9.53 Å². The van der Waals surface area contributed by atoms with Gasteiger partial charge in [-0.15, -0.1) is 5.10 Å². The Morgan fingerprint density at radius 2 is 2.29 bits per heavy atom. The number of carbonyl (C=O) groups excluding carboxylic acids is 1. The van der Waals surface area contributed by atoms with Crippen molar-refractivity contribution < 1.29 is 9.53 Å². The minimum Gasteiger partial charge on any atom is -0.468 e. The van der Waals surface area contributed by atoms with Gasteiger partial charge >= 0.3 is 5.97 Å². The van der Waals surface area contributed by atoms with Crippen molar-refractivity contribution in [2.24, 2.45) is 0 Å². The summed E-state index contributed by atoms with van der Waals surface area (Å²) in [5.41, 5.74) is -0.602. The van der Waals surface area contributed by atoms with Gasteiger partial charge in [-0.3, -0.25) is 4.79 Å². The minimum absolute atomic E-state index is 0.213. The van der Waals surface area contributed by atoms with Gasteiger partial charge in [-0.05, 0) is 50.1 Å². The molecule has 1 heterocycles. The van der Waals surface area contributed by atoms with Crippen molar-refractivity contribution in [2.45, 2.75) is 55.8 Å². The summed E-state index contributed by atoms with van der Waals surface area (Å²) in [6.07, 6.45) is 5.07. The molecule has 0 saturated heterocycles. The molecule has 1 fully saturated rings. The van der Waals surface area contributed by atoms with Gasteiger partial charge < -0.3 is 10.1 Å². The van der Waals surface area contributed by atoms with E-state index >= 15 is 0 Å². The molecule has 1 aromatic rings. The summed E-state index contributed by atoms with van der Waals surface area (Å²) >= 11 is 1.68. The normalized spacial score (nSPS) is 17.5. The minimum atomic E-state index is -0.602. The first kappa shape index (κ1) is 16.2. The molecular weight excluding hydrogens is 290 g/mol. The number of unbranched alkanes of at least 4 members (excludes halogenated alkanes) is 1. The third-order valence-electron chi connectivity index (χ3n) is 3.85. The Hall–Kier alpha value is -1.15. The van der Waals surface area contributed by atoms with Crippen LogP contribution >= 0.6 is 11.8 Å². The van der Waals surface area contributed by atoms with Crippen molar-refractivity contribution in [3.8, 4) is 0 Å². The Kier molecular flexibility index (Phi) is 5.58. The average molecular weight is 313 g/mol. The van der Waals surface area contributed by atoms with Crippen LogP contribution in [0.1, 0.15) is 45.1 Å². The SMILES string of the molecule is CNC(C)(CCCCSc1nnnn1C1CC1)C(=O)OC. The number of ether oxygens (including phenoxy) is 1. The number of carbonyl (C=O) groups is 1. The summed E-state index contributed by atoms with van der Waals surface area (Å²) in [5.74, 6) is 0.740. The van der Waals surface area contributed by atoms with Gasteiger partial charge in [-0.1, -0.05) is 18.2 Å². The molecule has 7 nitrogen and oxygen atoms in total. The van der Waals surface area contributed by atoms with Crippen LogP contribution in [0.4, 0.5) is 0 Å². The molecule has 1 aromatic heterocycles. The van der Waals surface area contributed by atoms with Crippen LogP contribution in [0.2, 0.25) is 0 Å². The Balaban J connectivity index is 1.69. The predicted octanol–water partition coefficient (Wildman–Crippen LogP) is 1.42. The fourth-order valence-corrected chi connectivity index (χ4v) is 3.07. The molecule has 8 heteroatoms. The van der Waals surface area contributed by atoms with Gasteiger partial charge in [-0.25, -0.2) is 4.68 Å². The van der Waals surface area contributed by atoms with Crippen LogP contribution in [0.15, 0.2) is 5.16 Å². The quantitative estimate of drug-likeness (QED) is 0.419. The molecule has 0 bridgehead atoms. The van der Waals surface area contributed by atoms with E-state index in [0.29, 0.717) is 6.04 Å². The molecule has 0 aromatic carbocycles. The monoisotopic (exact) mass is 313 g/mol. The number of thioether (sulfide) groups is 1. The summed E-state index contributed by atoms with van der Waals surface area (Å²) in [5, 5.41) is 15.8. The number of likely N-dealkylation sites (N-methyl/N-ethyl adjacent to an activating group) is 1. The molecule has 0 radical (unpaired) electrons. The zero-order valence-corrected chi connectivity index (χ0v) is 13.7. The molecule has 1 aliphatic carbocycles. The third-order valence-corrected chi connectivity index (χ3v) is 4.87. The Morgan fingerprint density at radius 1 is 1.52 bits per heavy atom. The molecular formula is C13H23N5O2S. The number of methoxy groups -OCH3 is 1. The number of nitrogens with zero attached hydrogens (tertiary/aromatic N) is 4. The predicted molar refractivity (Wildman–Crippen MR) is 80.1 cm³/mol. The van der Waals surface area contributed by atoms with Gasteiger partial charge in [0.25, 0.3) is 0 Å². The van der Waals surface area contributed by atoms with E-state index in [1.54, 1.807) is 18.8 Å². The molecule has 0 aliphatic heterocycles. The summed E-state index contributed by atoms with van der Waals surface area (Å²) in [6.45, 7) is 1.87. The zero-order chi connectivity index (χ0) is 15.3. The van der Waals surface area contributed by atoms with E-state index in [1.807, 2.05) is 11.6 Å². The number of rotatable bonds is 9. The Bertz CT molecular complexity index is 477. The maximum atomic E-state index is 11.7. The summed E-state index contributed by atoms with van der Waals surface area (Å²) in [6, 6.07) is 0.509. The molecule has 1 aliphatic rings. The molecule has 0 amide bonds. The van der Waals surface area contributed by atoms with E-state index in [1.165, 1.54) is 20.0 Å². The summed E-state index contributed by atoms with van der Waals surface area (Å²) < 4.78 is 6.76. The largest absolute Gasteiger partial charge is 0.468 e. The highest BCUT2D eigenvalue weighted by molar-refractivity contribution is 7.99. The van der Waals surface area contributed by atoms with E-state index in [-0.39, 0.29) is 5.97 Å². The molecule has 2 rings (SSSR count). The second kappa shape index (κ2) is 7.22. The zero-order valence-electron chi connectivity index (χ0n) is 12.8. The Labute approximate surface area is 129 Å². The van der Waals surface area contributed by atoms with E-state index < -0.39 is 5.54 Å². The molecule has 1 atom stereocenters. The lowest BCUT2D eigenvalue weighted by Crippen LogP contribution is -2.48. The molecule has 118 valence electrons. The molecule has 1 saturated carbocycles. The van der Waals surface area contributed by atoms with Crippen molar-refractivity contribution in [1.82, 2.24) is 25.5 Å². The van der Waals surface area contributed by atoms with Crippen molar-refractivity contribution in [3.05, 3.63) is 0 Å². The van der Waals surface area contributed by atoms with E-state index in [9.17, 15) is 4.79 Å². The van der Waals surface area contributed by atoms with Crippen molar-refractivity contribution >= 4 is 17.7 Å². The van der Waals surface area contributed by atoms with E-state index in [2.05, 4.69) is 20.8 Å². The number of aromatic nitrogens is 4. The van der Waals surface area contributed by atoms with Crippen molar-refractivity contribution in [2.75, 3.05) is 19.9 Å². The summed E-state index contributed by atoms with van der Waals surface area (Å²) in [7, 11) is 3.21. The van der Waals surface area contributed by atoms with Crippen molar-refractivity contribution in [1.29, 1.82) is 0 Å². The van der Waals surface area contributed by atoms with Gasteiger partial charge in [0, 0.05) is 5.75 Å². The van der Waals surface area contributed by atoms with E-state index in [0.717, 1.165) is 30.2 Å². The Morgan fingerprint density at radius 3 is 2.90 bits per heavy atom. The molecule has 0 spiro atoms. The number of tetrazole rings is 1. The van der Waals surface area contributed by atoms with E-state index in [4.69, 9.17) is 4.74 Å². The number of hydrogen-bond acceptors (Lipinski definition) is 7. The van der Waals surface area contributed by atoms with Crippen molar-refractivity contribution in [3.63, 3.8) is 0 Å². The van der Waals surface area contributed by atoms with Crippen LogP contribution in [0, 0.1) is 0 Å². The van der Waals surface area contributed by atoms with Gasteiger partial charge in [0.05, 0.1) is 13.2 Å². The lowest BCUT2D eigenvalue weighted by atomic mass is 9.95. The van der Waals surface area contributed by atoms with Crippen LogP contribution in [-0.4, -0.2) is 51.6 Å². The second-order valence-corrected chi connectivity index (χ2v) is 6.58. The van der Waals surface area contributed by atoms with Crippen LogP contribution in [0.25, 0.3) is 0 Å². The molecule has 21 heavy (non-hydrogen) atoms. The first-order chi connectivity index (χ1) is 10.1. The topological polar surface area (TPSA) is 81.9 Å². The van der Waals surface area contributed by atoms with Gasteiger partial charge in [0.15, 0.2) is 0 Å². The highest BCUT2D eigenvalue weighted by Crippen LogP contribution is 2.36. The average Bonchev–Trinajstić information content (AvgIpc) is 3.25. The lowest BCUT2D eigenvalue weighted by molar-refractivity contribution is -0.148. The molecule has 1 N–H and O–H groups in total. The third kappa shape index (κ3) is 4.16. The smallest absolute Gasteiger partial charge is 0.325 e. The van der Waals surface area contributed by atoms with Crippen LogP contribution in [0.5, 0.6) is 0 Å². The van der Waals surface area contributed by atoms with Crippen LogP contribution in [0.3, 0.4) is 0 Å². The maximum absolute atomic E-state index is 11.7. The lowest BCUT2D eigenvalue weighted by Gasteiger charge is -2.25. The highest BCUT2D eigenvalue weighted by Gasteiger charge is 2.31. The van der Waals surface area contributed by atoms with Gasteiger partial charge in [-0.2, -0.15) is 0 Å². The number of esters is 1. The fraction of sp³-hybridized carbons (Fsp3) is 0.846. The second-order valence-electron chi connectivity index (χ2n) is 5.52. The first-order valence-corrected chi connectivity index (χ1v) is 8.27. The van der Waals surface area contributed by atoms with Gasteiger partial charge in [0.1, 0.15) is 5.54 Å². The first-order valence-electron chi connectivity index (χ1n) is 7.28. The number of nitrogens with one attached hydrogen (secondary N) is 1. The highest BCUT2D eigenvalue weighted by atomic mass is 32.2. The summed E-state index contributed by atoms with van der Waals surface area (Å²) in [4.78, 5) is 11.7. The van der Waals surface area contributed by atoms with Crippen LogP contribution < -0.4 is 5.32 Å². The molecule has 1 unspecified atom stereocenters.